The lowest BCUT2D eigenvalue weighted by Gasteiger charge is -2.23. The van der Waals surface area contributed by atoms with E-state index in [2.05, 4.69) is 42.5 Å². The van der Waals surface area contributed by atoms with Crippen molar-refractivity contribution in [3.63, 3.8) is 0 Å². The monoisotopic (exact) mass is 844 g/mol. The molecule has 8 nitrogen and oxygen atoms in total. The van der Waals surface area contributed by atoms with E-state index in [-0.39, 0.29) is 24.4 Å². The Morgan fingerprint density at radius 1 is 0.359 bits per heavy atom. The lowest BCUT2D eigenvalue weighted by Crippen LogP contribution is -2.13. The van der Waals surface area contributed by atoms with Gasteiger partial charge in [-0.2, -0.15) is 0 Å². The highest BCUT2D eigenvalue weighted by atomic mass is 16.5. The van der Waals surface area contributed by atoms with Crippen LogP contribution < -0.4 is 18.9 Å². The summed E-state index contributed by atoms with van der Waals surface area (Å²) in [6.45, 7) is 16.4. The third kappa shape index (κ3) is 8.69. The van der Waals surface area contributed by atoms with Crippen LogP contribution in [0.3, 0.4) is 0 Å². The molecule has 0 aromatic heterocycles. The number of aliphatic imine (C=N–C) groups is 4. The van der Waals surface area contributed by atoms with Gasteiger partial charge in [0.05, 0.1) is 70.1 Å². The normalized spacial score (nSPS) is 16.6. The van der Waals surface area contributed by atoms with Crippen molar-refractivity contribution >= 4 is 45.1 Å². The predicted octanol–water partition coefficient (Wildman–Crippen LogP) is 12.8. The van der Waals surface area contributed by atoms with Crippen LogP contribution in [0.15, 0.2) is 188 Å². The van der Waals surface area contributed by atoms with Crippen molar-refractivity contribution in [1.29, 1.82) is 0 Å². The molecule has 0 fully saturated rings. The Hall–Kier alpha value is -7.32. The zero-order valence-corrected chi connectivity index (χ0v) is 37.6. The number of hydrogen-bond acceptors (Lipinski definition) is 8. The molecule has 0 spiro atoms. The van der Waals surface area contributed by atoms with E-state index in [9.17, 15) is 0 Å². The van der Waals surface area contributed by atoms with Crippen LogP contribution in [0.4, 0.5) is 0 Å². The molecule has 4 aromatic carbocycles. The van der Waals surface area contributed by atoms with Crippen LogP contribution in [0, 0.1) is 0 Å². The zero-order valence-electron chi connectivity index (χ0n) is 37.6. The minimum atomic E-state index is -0.122. The molecule has 5 aliphatic heterocycles. The van der Waals surface area contributed by atoms with Crippen molar-refractivity contribution in [2.75, 3.05) is 0 Å². The van der Waals surface area contributed by atoms with Crippen molar-refractivity contribution in [1.82, 2.24) is 0 Å². The van der Waals surface area contributed by atoms with Gasteiger partial charge in [-0.05, 0) is 128 Å². The standard InChI is InChI=1S/C56H52N4O4/c1-33(2)61-48-21-13-9-17-42(48)46-31-41-30-39-26-25-37(57-39)29-38-27-28-40(58-38)32-47-52(43-18-10-14-22-49(43)62-34(3)4)53(44-19-11-15-23-50(44)63-35(5)6)56(60-47)54(55(46)59-41)45-20-12-16-24-51(45)64-36(7)8/h9-36H,1-8H3. The van der Waals surface area contributed by atoms with E-state index in [1.54, 1.807) is 0 Å². The van der Waals surface area contributed by atoms with Gasteiger partial charge in [-0.15, -0.1) is 0 Å². The lowest BCUT2D eigenvalue weighted by atomic mass is 9.85. The minimum absolute atomic E-state index is 0.0698. The largest absolute Gasteiger partial charge is 0.490 e. The summed E-state index contributed by atoms with van der Waals surface area (Å²) in [7, 11) is 0. The SMILES string of the molecule is CC(C)Oc1ccccc1C1=CC2=CC3=NC(=CC4=NC(=CC5=NC(=C(c6ccccc6OC(C)C)C1=N2)C(c1ccccc1OC(C)C)=C5c1ccccc1OC(C)C)C=C4)C=C3. The summed E-state index contributed by atoms with van der Waals surface area (Å²) in [6, 6.07) is 32.7. The van der Waals surface area contributed by atoms with Crippen LogP contribution >= 0.6 is 0 Å². The number of ether oxygens (including phenoxy) is 4. The highest BCUT2D eigenvalue weighted by Crippen LogP contribution is 2.51. The Bertz CT molecular complexity index is 2940. The van der Waals surface area contributed by atoms with Crippen LogP contribution in [-0.4, -0.2) is 47.3 Å². The van der Waals surface area contributed by atoms with E-state index in [0.29, 0.717) is 22.9 Å². The number of hydrogen-bond donors (Lipinski definition) is 0. The summed E-state index contributed by atoms with van der Waals surface area (Å²) in [5.74, 6) is 2.90. The van der Waals surface area contributed by atoms with Gasteiger partial charge in [0.15, 0.2) is 0 Å². The molecule has 4 aromatic rings. The fraction of sp³-hybridized carbons (Fsp3) is 0.214. The maximum absolute atomic E-state index is 6.71. The van der Waals surface area contributed by atoms with Crippen LogP contribution in [-0.2, 0) is 0 Å². The molecule has 8 heteroatoms. The van der Waals surface area contributed by atoms with Crippen molar-refractivity contribution in [3.05, 3.63) is 191 Å². The topological polar surface area (TPSA) is 86.4 Å². The summed E-state index contributed by atoms with van der Waals surface area (Å²) < 4.78 is 26.6. The summed E-state index contributed by atoms with van der Waals surface area (Å²) in [5, 5.41) is 0. The van der Waals surface area contributed by atoms with Gasteiger partial charge in [-0.25, -0.2) is 20.0 Å². The van der Waals surface area contributed by atoms with E-state index in [1.807, 2.05) is 159 Å². The average molecular weight is 845 g/mol. The summed E-state index contributed by atoms with van der Waals surface area (Å²) in [5.41, 5.74) is 12.8. The molecule has 0 saturated heterocycles. The van der Waals surface area contributed by atoms with Gasteiger partial charge in [0.1, 0.15) is 23.0 Å². The number of fused-ring (bicyclic) bond motifs is 4. The van der Waals surface area contributed by atoms with Gasteiger partial charge in [0, 0.05) is 44.5 Å². The number of rotatable bonds is 12. The third-order valence-corrected chi connectivity index (χ3v) is 10.6. The molecule has 5 heterocycles. The molecule has 64 heavy (non-hydrogen) atoms. The summed E-state index contributed by atoms with van der Waals surface area (Å²) in [6.07, 6.45) is 15.9. The Morgan fingerprint density at radius 3 is 1.27 bits per heavy atom. The van der Waals surface area contributed by atoms with Crippen LogP contribution in [0.2, 0.25) is 0 Å². The molecule has 8 bridgehead atoms. The van der Waals surface area contributed by atoms with Gasteiger partial charge in [0.25, 0.3) is 0 Å². The second kappa shape index (κ2) is 17.8. The van der Waals surface area contributed by atoms with E-state index < -0.39 is 0 Å². The lowest BCUT2D eigenvalue weighted by molar-refractivity contribution is 0.241. The first kappa shape index (κ1) is 42.0. The van der Waals surface area contributed by atoms with Gasteiger partial charge >= 0.3 is 0 Å². The van der Waals surface area contributed by atoms with Crippen molar-refractivity contribution in [3.8, 4) is 23.0 Å². The van der Waals surface area contributed by atoms with Gasteiger partial charge in [-0.3, -0.25) is 0 Å². The molecule has 0 amide bonds. The first-order chi connectivity index (χ1) is 31.0. The van der Waals surface area contributed by atoms with Gasteiger partial charge in [0.2, 0.25) is 0 Å². The Morgan fingerprint density at radius 2 is 0.766 bits per heavy atom. The maximum Gasteiger partial charge on any atom is 0.127 e. The average Bonchev–Trinajstić information content (AvgIpc) is 4.06. The minimum Gasteiger partial charge on any atom is -0.490 e. The Kier molecular flexibility index (Phi) is 11.7. The number of benzene rings is 4. The quantitative estimate of drug-likeness (QED) is 0.142. The molecule has 9 rings (SSSR count). The fourth-order valence-electron chi connectivity index (χ4n) is 8.26. The van der Waals surface area contributed by atoms with E-state index >= 15 is 0 Å². The number of para-hydroxylation sites is 4. The number of allylic oxidation sites excluding steroid dienone is 12. The predicted molar refractivity (Wildman–Crippen MR) is 263 cm³/mol. The Balaban J connectivity index is 1.48. The smallest absolute Gasteiger partial charge is 0.127 e. The first-order valence-electron chi connectivity index (χ1n) is 22.1. The van der Waals surface area contributed by atoms with Crippen LogP contribution in [0.1, 0.15) is 77.6 Å². The van der Waals surface area contributed by atoms with Crippen molar-refractivity contribution in [2.45, 2.75) is 79.8 Å². The first-order valence-corrected chi connectivity index (χ1v) is 22.1. The number of nitrogens with zero attached hydrogens (tertiary/aromatic N) is 4. The second-order valence-corrected chi connectivity index (χ2v) is 17.1. The highest BCUT2D eigenvalue weighted by molar-refractivity contribution is 6.51. The molecular formula is C56H52N4O4. The Labute approximate surface area is 376 Å². The molecule has 0 atom stereocenters. The van der Waals surface area contributed by atoms with Gasteiger partial charge < -0.3 is 18.9 Å². The van der Waals surface area contributed by atoms with E-state index in [1.165, 1.54) is 0 Å². The van der Waals surface area contributed by atoms with Crippen LogP contribution in [0.25, 0.3) is 22.3 Å². The molecule has 0 aliphatic carbocycles. The van der Waals surface area contributed by atoms with E-state index in [4.69, 9.17) is 38.9 Å². The summed E-state index contributed by atoms with van der Waals surface area (Å²) in [4.78, 5) is 21.4. The van der Waals surface area contributed by atoms with E-state index in [0.717, 1.165) is 90.3 Å². The molecule has 320 valence electrons. The summed E-state index contributed by atoms with van der Waals surface area (Å²) >= 11 is 0. The molecule has 5 aliphatic rings. The highest BCUT2D eigenvalue weighted by Gasteiger charge is 2.36. The molecule has 0 saturated carbocycles. The van der Waals surface area contributed by atoms with Crippen molar-refractivity contribution < 1.29 is 18.9 Å². The maximum atomic E-state index is 6.71. The molecule has 0 unspecified atom stereocenters. The fourth-order valence-corrected chi connectivity index (χ4v) is 8.26. The molecular weight excluding hydrogens is 793 g/mol. The van der Waals surface area contributed by atoms with Crippen LogP contribution in [0.5, 0.6) is 23.0 Å². The van der Waals surface area contributed by atoms with Crippen molar-refractivity contribution in [2.24, 2.45) is 20.0 Å². The van der Waals surface area contributed by atoms with Gasteiger partial charge in [-0.1, -0.05) is 72.8 Å². The third-order valence-electron chi connectivity index (χ3n) is 10.6. The molecule has 0 N–H and O–H groups in total. The zero-order chi connectivity index (χ0) is 44.5. The second-order valence-electron chi connectivity index (χ2n) is 17.1. The molecule has 0 radical (unpaired) electrons.